The first-order valence-electron chi connectivity index (χ1n) is 8.94. The molecular weight excluding hydrogens is 330 g/mol. The molecule has 0 radical (unpaired) electrons. The number of aromatic nitrogens is 1. The highest BCUT2D eigenvalue weighted by Gasteiger charge is 2.26. The van der Waals surface area contributed by atoms with Crippen molar-refractivity contribution in [2.75, 3.05) is 0 Å². The number of carbonyl (C=O) groups excluding carboxylic acids is 2. The smallest absolute Gasteiger partial charge is 0.269 e. The van der Waals surface area contributed by atoms with Gasteiger partial charge in [-0.15, -0.1) is 0 Å². The predicted octanol–water partition coefficient (Wildman–Crippen LogP) is 3.30. The number of H-pyrrole nitrogens is 1. The van der Waals surface area contributed by atoms with Crippen molar-refractivity contribution in [1.82, 2.24) is 10.3 Å². The number of hydrogen-bond donors (Lipinski definition) is 3. The van der Waals surface area contributed by atoms with Crippen LogP contribution in [0.5, 0.6) is 0 Å². The molecule has 0 fully saturated rings. The van der Waals surface area contributed by atoms with Crippen molar-refractivity contribution in [3.8, 4) is 0 Å². The number of hydrogen-bond acceptors (Lipinski definition) is 4. The molecule has 1 unspecified atom stereocenters. The Morgan fingerprint density at radius 1 is 1.19 bits per heavy atom. The van der Waals surface area contributed by atoms with Crippen molar-refractivity contribution in [2.24, 2.45) is 17.0 Å². The lowest BCUT2D eigenvalue weighted by molar-refractivity contribution is -0.127. The Morgan fingerprint density at radius 3 is 2.50 bits per heavy atom. The minimum atomic E-state index is -0.675. The van der Waals surface area contributed by atoms with Crippen LogP contribution in [-0.4, -0.2) is 33.6 Å². The fourth-order valence-corrected chi connectivity index (χ4v) is 2.95. The van der Waals surface area contributed by atoms with Gasteiger partial charge in [0.2, 0.25) is 0 Å². The molecule has 26 heavy (non-hydrogen) atoms. The number of benzene rings is 1. The topological polar surface area (TPSA) is 94.6 Å². The van der Waals surface area contributed by atoms with Crippen LogP contribution < -0.4 is 5.32 Å². The highest BCUT2D eigenvalue weighted by atomic mass is 16.4. The number of para-hydroxylation sites is 1. The van der Waals surface area contributed by atoms with E-state index in [2.05, 4.69) is 15.5 Å². The molecule has 1 aromatic carbocycles. The van der Waals surface area contributed by atoms with Gasteiger partial charge in [0.1, 0.15) is 5.71 Å². The molecule has 0 aliphatic rings. The SMILES string of the molecule is CC(C)CC(=NO)C(=O)NC(Cc1c[nH]c2ccccc12)C(=O)C(C)C. The van der Waals surface area contributed by atoms with Crippen molar-refractivity contribution in [2.45, 2.75) is 46.6 Å². The third kappa shape index (κ3) is 4.71. The van der Waals surface area contributed by atoms with E-state index in [1.54, 1.807) is 0 Å². The number of oxime groups is 1. The molecule has 1 aromatic heterocycles. The summed E-state index contributed by atoms with van der Waals surface area (Å²) in [6.07, 6.45) is 2.59. The standard InChI is InChI=1S/C20H27N3O3/c1-12(2)9-18(23-26)20(25)22-17(19(24)13(3)4)10-14-11-21-16-8-6-5-7-15(14)16/h5-8,11-13,17,21,26H,9-10H2,1-4H3,(H,22,25). The normalized spacial score (nSPS) is 13.4. The van der Waals surface area contributed by atoms with E-state index in [0.29, 0.717) is 12.8 Å². The van der Waals surface area contributed by atoms with E-state index in [9.17, 15) is 9.59 Å². The molecule has 3 N–H and O–H groups in total. The highest BCUT2D eigenvalue weighted by Crippen LogP contribution is 2.20. The molecule has 0 bridgehead atoms. The maximum absolute atomic E-state index is 12.6. The van der Waals surface area contributed by atoms with E-state index in [0.717, 1.165) is 16.5 Å². The Labute approximate surface area is 153 Å². The van der Waals surface area contributed by atoms with E-state index in [-0.39, 0.29) is 23.3 Å². The van der Waals surface area contributed by atoms with Crippen LogP contribution in [0.2, 0.25) is 0 Å². The number of aromatic amines is 1. The van der Waals surface area contributed by atoms with Gasteiger partial charge >= 0.3 is 0 Å². The lowest BCUT2D eigenvalue weighted by Gasteiger charge is -2.20. The summed E-state index contributed by atoms with van der Waals surface area (Å²) in [6, 6.07) is 7.16. The average molecular weight is 357 g/mol. The summed E-state index contributed by atoms with van der Waals surface area (Å²) in [5.74, 6) is -0.602. The molecular formula is C20H27N3O3. The van der Waals surface area contributed by atoms with Gasteiger partial charge in [0.05, 0.1) is 6.04 Å². The molecule has 1 atom stereocenters. The van der Waals surface area contributed by atoms with Crippen LogP contribution in [0.3, 0.4) is 0 Å². The zero-order chi connectivity index (χ0) is 19.3. The first-order chi connectivity index (χ1) is 12.3. The Bertz CT molecular complexity index is 805. The Balaban J connectivity index is 2.24. The molecule has 0 aliphatic heterocycles. The van der Waals surface area contributed by atoms with Crippen LogP contribution in [0.15, 0.2) is 35.6 Å². The van der Waals surface area contributed by atoms with Gasteiger partial charge in [-0.1, -0.05) is 51.0 Å². The number of rotatable bonds is 8. The average Bonchev–Trinajstić information content (AvgIpc) is 3.01. The van der Waals surface area contributed by atoms with E-state index in [4.69, 9.17) is 5.21 Å². The molecule has 0 saturated heterocycles. The third-order valence-corrected chi connectivity index (χ3v) is 4.30. The second kappa shape index (κ2) is 8.65. The van der Waals surface area contributed by atoms with Crippen LogP contribution in [0, 0.1) is 11.8 Å². The molecule has 2 aromatic rings. The van der Waals surface area contributed by atoms with E-state index in [1.165, 1.54) is 0 Å². The van der Waals surface area contributed by atoms with E-state index in [1.807, 2.05) is 58.2 Å². The van der Waals surface area contributed by atoms with Gasteiger partial charge in [0.15, 0.2) is 5.78 Å². The summed E-state index contributed by atoms with van der Waals surface area (Å²) in [7, 11) is 0. The molecule has 140 valence electrons. The molecule has 1 amide bonds. The van der Waals surface area contributed by atoms with Crippen LogP contribution >= 0.6 is 0 Å². The molecule has 0 spiro atoms. The van der Waals surface area contributed by atoms with Gasteiger partial charge < -0.3 is 15.5 Å². The lowest BCUT2D eigenvalue weighted by atomic mass is 9.95. The van der Waals surface area contributed by atoms with Crippen molar-refractivity contribution in [3.63, 3.8) is 0 Å². The minimum absolute atomic E-state index is 0.0421. The van der Waals surface area contributed by atoms with Crippen LogP contribution in [0.25, 0.3) is 10.9 Å². The highest BCUT2D eigenvalue weighted by molar-refractivity contribution is 6.39. The van der Waals surface area contributed by atoms with Crippen molar-refractivity contribution in [1.29, 1.82) is 0 Å². The number of carbonyl (C=O) groups is 2. The maximum Gasteiger partial charge on any atom is 0.269 e. The second-order valence-corrected chi connectivity index (χ2v) is 7.29. The second-order valence-electron chi connectivity index (χ2n) is 7.29. The number of ketones is 1. The molecule has 6 heteroatoms. The number of fused-ring (bicyclic) bond motifs is 1. The molecule has 6 nitrogen and oxygen atoms in total. The third-order valence-electron chi connectivity index (χ3n) is 4.30. The van der Waals surface area contributed by atoms with Gasteiger partial charge in [0, 0.05) is 35.9 Å². The summed E-state index contributed by atoms with van der Waals surface area (Å²) in [5.41, 5.74) is 1.99. The number of nitrogens with zero attached hydrogens (tertiary/aromatic N) is 1. The van der Waals surface area contributed by atoms with E-state index >= 15 is 0 Å². The van der Waals surface area contributed by atoms with Gasteiger partial charge in [-0.25, -0.2) is 0 Å². The molecule has 1 heterocycles. The summed E-state index contributed by atoms with van der Waals surface area (Å²) < 4.78 is 0. The fourth-order valence-electron chi connectivity index (χ4n) is 2.95. The lowest BCUT2D eigenvalue weighted by Crippen LogP contribution is -2.47. The van der Waals surface area contributed by atoms with Gasteiger partial charge in [0.25, 0.3) is 5.91 Å². The first-order valence-corrected chi connectivity index (χ1v) is 8.94. The number of amides is 1. The summed E-state index contributed by atoms with van der Waals surface area (Å²) in [6.45, 7) is 7.49. The molecule has 0 saturated carbocycles. The Morgan fingerprint density at radius 2 is 1.88 bits per heavy atom. The van der Waals surface area contributed by atoms with Gasteiger partial charge in [-0.3, -0.25) is 9.59 Å². The summed E-state index contributed by atoms with van der Waals surface area (Å²) in [4.78, 5) is 28.3. The van der Waals surface area contributed by atoms with Crippen molar-refractivity contribution in [3.05, 3.63) is 36.0 Å². The quantitative estimate of drug-likeness (QED) is 0.384. The molecule has 0 aliphatic carbocycles. The van der Waals surface area contributed by atoms with Crippen LogP contribution in [0.4, 0.5) is 0 Å². The fraction of sp³-hybridized carbons (Fsp3) is 0.450. The van der Waals surface area contributed by atoms with Gasteiger partial charge in [-0.2, -0.15) is 0 Å². The number of nitrogens with one attached hydrogen (secondary N) is 2. The summed E-state index contributed by atoms with van der Waals surface area (Å²) in [5, 5.41) is 16.1. The zero-order valence-corrected chi connectivity index (χ0v) is 15.7. The van der Waals surface area contributed by atoms with Gasteiger partial charge in [-0.05, 0) is 17.5 Å². The van der Waals surface area contributed by atoms with Crippen molar-refractivity contribution < 1.29 is 14.8 Å². The Kier molecular flexibility index (Phi) is 6.55. The predicted molar refractivity (Wildman–Crippen MR) is 102 cm³/mol. The van der Waals surface area contributed by atoms with Crippen molar-refractivity contribution >= 4 is 28.3 Å². The number of Topliss-reactive ketones (excluding diaryl/α,β-unsaturated/α-hetero) is 1. The zero-order valence-electron chi connectivity index (χ0n) is 15.7. The Hall–Kier alpha value is -2.63. The monoisotopic (exact) mass is 357 g/mol. The molecule has 2 rings (SSSR count). The minimum Gasteiger partial charge on any atom is -0.410 e. The first kappa shape index (κ1) is 19.7. The maximum atomic E-state index is 12.6. The van der Waals surface area contributed by atoms with Crippen LogP contribution in [-0.2, 0) is 16.0 Å². The van der Waals surface area contributed by atoms with Crippen LogP contribution in [0.1, 0.15) is 39.7 Å². The van der Waals surface area contributed by atoms with E-state index < -0.39 is 11.9 Å². The summed E-state index contributed by atoms with van der Waals surface area (Å²) >= 11 is 0. The largest absolute Gasteiger partial charge is 0.410 e.